The summed E-state index contributed by atoms with van der Waals surface area (Å²) in [6, 6.07) is 9.92. The van der Waals surface area contributed by atoms with Crippen LogP contribution < -0.4 is 5.73 Å². The molecule has 4 nitrogen and oxygen atoms in total. The van der Waals surface area contributed by atoms with E-state index in [2.05, 4.69) is 9.97 Å². The van der Waals surface area contributed by atoms with Gasteiger partial charge in [0.1, 0.15) is 11.6 Å². The molecular weight excluding hydrogens is 226 g/mol. The molecule has 0 fully saturated rings. The van der Waals surface area contributed by atoms with Crippen LogP contribution in [0.2, 0.25) is 0 Å². The molecule has 3 N–H and O–H groups in total. The smallest absolute Gasteiger partial charge is 0.107 e. The number of fused-ring (bicyclic) bond motifs is 1. The van der Waals surface area contributed by atoms with E-state index >= 15 is 0 Å². The van der Waals surface area contributed by atoms with Crippen LogP contribution in [0.1, 0.15) is 17.1 Å². The Morgan fingerprint density at radius 1 is 1.17 bits per heavy atom. The van der Waals surface area contributed by atoms with Gasteiger partial charge in [-0.25, -0.2) is 4.98 Å². The first-order valence-electron chi connectivity index (χ1n) is 6.06. The van der Waals surface area contributed by atoms with E-state index < -0.39 is 0 Å². The fourth-order valence-corrected chi connectivity index (χ4v) is 2.12. The second-order valence-corrected chi connectivity index (χ2v) is 4.28. The highest BCUT2D eigenvalue weighted by atomic mass is 16.3. The van der Waals surface area contributed by atoms with Crippen molar-refractivity contribution in [1.29, 1.82) is 0 Å². The normalized spacial score (nSPS) is 11.2. The van der Waals surface area contributed by atoms with Crippen molar-refractivity contribution in [2.75, 3.05) is 0 Å². The maximum absolute atomic E-state index is 5.71. The molecule has 4 heteroatoms. The molecule has 0 saturated heterocycles. The lowest BCUT2D eigenvalue weighted by molar-refractivity contribution is 0.507. The summed E-state index contributed by atoms with van der Waals surface area (Å²) in [4.78, 5) is 7.93. The van der Waals surface area contributed by atoms with Crippen molar-refractivity contribution in [3.63, 3.8) is 0 Å². The highest BCUT2D eigenvalue weighted by Crippen LogP contribution is 2.17. The van der Waals surface area contributed by atoms with E-state index in [4.69, 9.17) is 10.2 Å². The van der Waals surface area contributed by atoms with Gasteiger partial charge in [-0.2, -0.15) is 0 Å². The average molecular weight is 241 g/mol. The number of furan rings is 1. The number of rotatable bonds is 4. The largest absolute Gasteiger partial charge is 0.469 e. The van der Waals surface area contributed by atoms with E-state index in [-0.39, 0.29) is 0 Å². The molecule has 0 aliphatic heterocycles. The summed E-state index contributed by atoms with van der Waals surface area (Å²) in [6.07, 6.45) is 3.39. The Morgan fingerprint density at radius 2 is 2.11 bits per heavy atom. The van der Waals surface area contributed by atoms with Crippen LogP contribution in [0.15, 0.2) is 41.0 Å². The molecule has 0 unspecified atom stereocenters. The molecule has 0 atom stereocenters. The van der Waals surface area contributed by atoms with Crippen LogP contribution in [0, 0.1) is 0 Å². The lowest BCUT2D eigenvalue weighted by Crippen LogP contribution is -1.97. The van der Waals surface area contributed by atoms with Gasteiger partial charge in [0, 0.05) is 19.4 Å². The topological polar surface area (TPSA) is 67.8 Å². The highest BCUT2D eigenvalue weighted by molar-refractivity contribution is 5.78. The predicted octanol–water partition coefficient (Wildman–Crippen LogP) is 2.40. The number of aryl methyl sites for hydroxylation is 2. The first-order valence-corrected chi connectivity index (χ1v) is 6.06. The van der Waals surface area contributed by atoms with Gasteiger partial charge in [0.05, 0.1) is 17.3 Å². The number of nitrogens with zero attached hydrogens (tertiary/aromatic N) is 1. The van der Waals surface area contributed by atoms with Gasteiger partial charge in [0.25, 0.3) is 0 Å². The van der Waals surface area contributed by atoms with E-state index in [0.717, 1.165) is 41.0 Å². The second-order valence-electron chi connectivity index (χ2n) is 4.28. The van der Waals surface area contributed by atoms with Crippen LogP contribution in [0.5, 0.6) is 0 Å². The first-order chi connectivity index (χ1) is 8.86. The maximum atomic E-state index is 5.71. The van der Waals surface area contributed by atoms with Crippen molar-refractivity contribution in [1.82, 2.24) is 9.97 Å². The van der Waals surface area contributed by atoms with Crippen molar-refractivity contribution in [2.24, 2.45) is 5.73 Å². The van der Waals surface area contributed by atoms with E-state index in [1.54, 1.807) is 6.26 Å². The third-order valence-corrected chi connectivity index (χ3v) is 3.05. The zero-order chi connectivity index (χ0) is 12.4. The summed E-state index contributed by atoms with van der Waals surface area (Å²) in [7, 11) is 0. The molecule has 92 valence electrons. The Labute approximate surface area is 105 Å². The van der Waals surface area contributed by atoms with Crippen LogP contribution in [0.4, 0.5) is 0 Å². The third-order valence-electron chi connectivity index (χ3n) is 3.05. The van der Waals surface area contributed by atoms with E-state index in [1.807, 2.05) is 30.3 Å². The summed E-state index contributed by atoms with van der Waals surface area (Å²) >= 11 is 0. The fourth-order valence-electron chi connectivity index (χ4n) is 2.12. The molecule has 2 heterocycles. The Balaban J connectivity index is 1.85. The molecule has 0 radical (unpaired) electrons. The molecule has 0 bridgehead atoms. The number of nitrogens with one attached hydrogen (secondary N) is 1. The minimum Gasteiger partial charge on any atom is -0.469 e. The number of imidazole rings is 1. The number of nitrogens with two attached hydrogens (primary N) is 1. The summed E-state index contributed by atoms with van der Waals surface area (Å²) < 4.78 is 5.31. The van der Waals surface area contributed by atoms with Gasteiger partial charge >= 0.3 is 0 Å². The van der Waals surface area contributed by atoms with Gasteiger partial charge in [-0.3, -0.25) is 0 Å². The number of hydrogen-bond acceptors (Lipinski definition) is 3. The summed E-state index contributed by atoms with van der Waals surface area (Å²) in [5, 5.41) is 0. The lowest BCUT2D eigenvalue weighted by atomic mass is 10.2. The van der Waals surface area contributed by atoms with E-state index in [0.29, 0.717) is 6.54 Å². The molecule has 1 aromatic carbocycles. The quantitative estimate of drug-likeness (QED) is 0.737. The summed E-state index contributed by atoms with van der Waals surface area (Å²) in [6.45, 7) is 0.514. The van der Waals surface area contributed by atoms with Crippen molar-refractivity contribution in [3.8, 4) is 0 Å². The molecular formula is C14H15N3O. The number of hydrogen-bond donors (Lipinski definition) is 2. The molecule has 0 aliphatic carbocycles. The van der Waals surface area contributed by atoms with E-state index in [9.17, 15) is 0 Å². The number of aromatic nitrogens is 2. The van der Waals surface area contributed by atoms with Crippen LogP contribution in [0.3, 0.4) is 0 Å². The molecule has 3 rings (SSSR count). The monoisotopic (exact) mass is 241 g/mol. The number of aromatic amines is 1. The Morgan fingerprint density at radius 3 is 2.89 bits per heavy atom. The van der Waals surface area contributed by atoms with Gasteiger partial charge in [0.15, 0.2) is 0 Å². The number of benzene rings is 1. The molecule has 0 saturated carbocycles. The summed E-state index contributed by atoms with van der Waals surface area (Å²) in [5.41, 5.74) is 8.81. The Bertz CT molecular complexity index is 640. The van der Waals surface area contributed by atoms with Gasteiger partial charge in [-0.1, -0.05) is 12.1 Å². The minimum absolute atomic E-state index is 0.514. The lowest BCUT2D eigenvalue weighted by Gasteiger charge is -1.95. The third kappa shape index (κ3) is 2.02. The van der Waals surface area contributed by atoms with Gasteiger partial charge < -0.3 is 15.1 Å². The second kappa shape index (κ2) is 4.66. The molecule has 2 aromatic heterocycles. The Kier molecular flexibility index (Phi) is 2.86. The molecule has 3 aromatic rings. The predicted molar refractivity (Wildman–Crippen MR) is 70.1 cm³/mol. The van der Waals surface area contributed by atoms with Gasteiger partial charge in [-0.05, 0) is 23.8 Å². The molecule has 0 aliphatic rings. The van der Waals surface area contributed by atoms with Gasteiger partial charge in [-0.15, -0.1) is 0 Å². The first kappa shape index (κ1) is 11.0. The molecule has 18 heavy (non-hydrogen) atoms. The highest BCUT2D eigenvalue weighted by Gasteiger charge is 2.07. The summed E-state index contributed by atoms with van der Waals surface area (Å²) in [5.74, 6) is 1.96. The van der Waals surface area contributed by atoms with Crippen LogP contribution in [0.25, 0.3) is 11.0 Å². The van der Waals surface area contributed by atoms with Crippen LogP contribution >= 0.6 is 0 Å². The maximum Gasteiger partial charge on any atom is 0.107 e. The molecule has 0 amide bonds. The Hall–Kier alpha value is -2.07. The van der Waals surface area contributed by atoms with Gasteiger partial charge in [0.2, 0.25) is 0 Å². The standard InChI is InChI=1S/C14H15N3O/c15-9-10-3-1-5-12-14(10)17-13(16-12)7-6-11-4-2-8-18-11/h1-5,8H,6-7,9,15H2,(H,16,17). The minimum atomic E-state index is 0.514. The van der Waals surface area contributed by atoms with Crippen LogP contribution in [-0.2, 0) is 19.4 Å². The van der Waals surface area contributed by atoms with Crippen LogP contribution in [-0.4, -0.2) is 9.97 Å². The van der Waals surface area contributed by atoms with Crippen molar-refractivity contribution in [3.05, 3.63) is 53.7 Å². The number of H-pyrrole nitrogens is 1. The fraction of sp³-hybridized carbons (Fsp3) is 0.214. The average Bonchev–Trinajstić information content (AvgIpc) is 3.04. The van der Waals surface area contributed by atoms with E-state index in [1.165, 1.54) is 0 Å². The van der Waals surface area contributed by atoms with Crippen molar-refractivity contribution >= 4 is 11.0 Å². The number of para-hydroxylation sites is 1. The SMILES string of the molecule is NCc1cccc2[nH]c(CCc3ccco3)nc12. The molecule has 0 spiro atoms. The zero-order valence-corrected chi connectivity index (χ0v) is 10.0. The van der Waals surface area contributed by atoms with Crippen molar-refractivity contribution in [2.45, 2.75) is 19.4 Å². The van der Waals surface area contributed by atoms with Crippen molar-refractivity contribution < 1.29 is 4.42 Å². The zero-order valence-electron chi connectivity index (χ0n) is 10.0.